The molecular weight excluding hydrogens is 236 g/mol. The van der Waals surface area contributed by atoms with E-state index >= 15 is 0 Å². The number of hydrogen-bond donors (Lipinski definition) is 2. The first-order valence-electron chi connectivity index (χ1n) is 5.69. The molecule has 17 heavy (non-hydrogen) atoms. The normalized spacial score (nSPS) is 21.7. The first-order valence-corrected chi connectivity index (χ1v) is 7.34. The van der Waals surface area contributed by atoms with Crippen LogP contribution in [0.15, 0.2) is 17.0 Å². The zero-order valence-electron chi connectivity index (χ0n) is 10.4. The van der Waals surface area contributed by atoms with E-state index in [0.29, 0.717) is 11.4 Å². The molecule has 2 rings (SSSR count). The number of hydrogen-bond acceptors (Lipinski definition) is 4. The van der Waals surface area contributed by atoms with Crippen molar-refractivity contribution in [2.75, 3.05) is 24.7 Å². The zero-order chi connectivity index (χ0) is 12.6. The Morgan fingerprint density at radius 1 is 1.41 bits per heavy atom. The van der Waals surface area contributed by atoms with E-state index in [2.05, 4.69) is 10.6 Å². The molecule has 0 aliphatic carbocycles. The fourth-order valence-electron chi connectivity index (χ4n) is 2.32. The third-order valence-electron chi connectivity index (χ3n) is 3.00. The summed E-state index contributed by atoms with van der Waals surface area (Å²) in [6.45, 7) is 4.50. The molecule has 1 aliphatic rings. The standard InChI is InChI=1S/C12H18N2O2S/c1-8-4-9(2)12-11(5-8)17(15,16)7-10(14-12)6-13-3/h4-5,10,13-14H,6-7H2,1-3H3. The van der Waals surface area contributed by atoms with Crippen molar-refractivity contribution in [1.82, 2.24) is 5.32 Å². The number of aryl methyl sites for hydroxylation is 2. The van der Waals surface area contributed by atoms with E-state index in [0.717, 1.165) is 16.8 Å². The highest BCUT2D eigenvalue weighted by atomic mass is 32.2. The molecule has 1 aromatic carbocycles. The molecule has 1 unspecified atom stereocenters. The molecule has 0 amide bonds. The largest absolute Gasteiger partial charge is 0.379 e. The van der Waals surface area contributed by atoms with Crippen molar-refractivity contribution >= 4 is 15.5 Å². The highest BCUT2D eigenvalue weighted by molar-refractivity contribution is 7.91. The fourth-order valence-corrected chi connectivity index (χ4v) is 4.12. The summed E-state index contributed by atoms with van der Waals surface area (Å²) in [6.07, 6.45) is 0. The van der Waals surface area contributed by atoms with Crippen molar-refractivity contribution in [1.29, 1.82) is 0 Å². The van der Waals surface area contributed by atoms with Crippen LogP contribution in [0.2, 0.25) is 0 Å². The first-order chi connectivity index (χ1) is 7.94. The lowest BCUT2D eigenvalue weighted by Crippen LogP contribution is -2.41. The van der Waals surface area contributed by atoms with Crippen molar-refractivity contribution in [3.05, 3.63) is 23.3 Å². The van der Waals surface area contributed by atoms with E-state index in [-0.39, 0.29) is 11.8 Å². The molecule has 1 atom stereocenters. The Bertz CT molecular complexity index is 538. The van der Waals surface area contributed by atoms with Gasteiger partial charge in [-0.2, -0.15) is 0 Å². The van der Waals surface area contributed by atoms with Gasteiger partial charge in [0.25, 0.3) is 0 Å². The summed E-state index contributed by atoms with van der Waals surface area (Å²) in [5, 5.41) is 6.32. The maximum Gasteiger partial charge on any atom is 0.182 e. The smallest absolute Gasteiger partial charge is 0.182 e. The minimum atomic E-state index is -3.16. The van der Waals surface area contributed by atoms with Crippen molar-refractivity contribution in [2.24, 2.45) is 0 Å². The summed E-state index contributed by atoms with van der Waals surface area (Å²) in [6, 6.07) is 3.70. The molecule has 0 saturated carbocycles. The second-order valence-electron chi connectivity index (χ2n) is 4.64. The second-order valence-corrected chi connectivity index (χ2v) is 6.64. The van der Waals surface area contributed by atoms with Crippen molar-refractivity contribution < 1.29 is 8.42 Å². The Morgan fingerprint density at radius 2 is 2.12 bits per heavy atom. The number of likely N-dealkylation sites (N-methyl/N-ethyl adjacent to an activating group) is 1. The number of rotatable bonds is 2. The molecule has 0 bridgehead atoms. The van der Waals surface area contributed by atoms with E-state index in [1.165, 1.54) is 0 Å². The van der Waals surface area contributed by atoms with Crippen LogP contribution in [-0.2, 0) is 9.84 Å². The number of anilines is 1. The molecule has 1 aliphatic heterocycles. The van der Waals surface area contributed by atoms with Gasteiger partial charge in [-0.25, -0.2) is 8.42 Å². The van der Waals surface area contributed by atoms with Gasteiger partial charge in [0.2, 0.25) is 0 Å². The quantitative estimate of drug-likeness (QED) is 0.829. The lowest BCUT2D eigenvalue weighted by Gasteiger charge is -2.28. The lowest BCUT2D eigenvalue weighted by molar-refractivity contribution is 0.580. The average Bonchev–Trinajstić information content (AvgIpc) is 2.20. The molecule has 1 heterocycles. The molecule has 4 nitrogen and oxygen atoms in total. The maximum atomic E-state index is 12.2. The van der Waals surface area contributed by atoms with Crippen molar-refractivity contribution in [3.8, 4) is 0 Å². The van der Waals surface area contributed by atoms with Gasteiger partial charge >= 0.3 is 0 Å². The van der Waals surface area contributed by atoms with E-state index in [9.17, 15) is 8.42 Å². The van der Waals surface area contributed by atoms with Crippen LogP contribution in [-0.4, -0.2) is 33.8 Å². The molecular formula is C12H18N2O2S. The fraction of sp³-hybridized carbons (Fsp3) is 0.500. The molecule has 94 valence electrons. The topological polar surface area (TPSA) is 58.2 Å². The van der Waals surface area contributed by atoms with Crippen LogP contribution in [0, 0.1) is 13.8 Å². The van der Waals surface area contributed by atoms with Crippen LogP contribution < -0.4 is 10.6 Å². The van der Waals surface area contributed by atoms with Gasteiger partial charge in [0, 0.05) is 6.54 Å². The van der Waals surface area contributed by atoms with Gasteiger partial charge in [0.05, 0.1) is 22.4 Å². The van der Waals surface area contributed by atoms with E-state index in [1.807, 2.05) is 27.0 Å². The molecule has 0 aromatic heterocycles. The monoisotopic (exact) mass is 254 g/mol. The van der Waals surface area contributed by atoms with Crippen LogP contribution in [0.4, 0.5) is 5.69 Å². The van der Waals surface area contributed by atoms with E-state index < -0.39 is 9.84 Å². The van der Waals surface area contributed by atoms with Crippen LogP contribution in [0.25, 0.3) is 0 Å². The van der Waals surface area contributed by atoms with Gasteiger partial charge in [-0.1, -0.05) is 6.07 Å². The Balaban J connectivity index is 2.53. The Labute approximate surface area is 102 Å². The zero-order valence-corrected chi connectivity index (χ0v) is 11.2. The molecule has 0 spiro atoms. The number of sulfone groups is 1. The van der Waals surface area contributed by atoms with Gasteiger partial charge in [0.1, 0.15) is 0 Å². The first kappa shape index (κ1) is 12.4. The minimum absolute atomic E-state index is 0.0566. The predicted octanol–water partition coefficient (Wildman–Crippen LogP) is 1.09. The summed E-state index contributed by atoms with van der Waals surface area (Å²) < 4.78 is 24.4. The summed E-state index contributed by atoms with van der Waals surface area (Å²) in [4.78, 5) is 0.447. The SMILES string of the molecule is CNCC1CS(=O)(=O)c2cc(C)cc(C)c2N1. The maximum absolute atomic E-state index is 12.2. The molecule has 5 heteroatoms. The summed E-state index contributed by atoms with van der Waals surface area (Å²) in [7, 11) is -1.34. The Hall–Kier alpha value is -1.07. The minimum Gasteiger partial charge on any atom is -0.379 e. The molecule has 0 fully saturated rings. The average molecular weight is 254 g/mol. The molecule has 0 radical (unpaired) electrons. The van der Waals surface area contributed by atoms with E-state index in [4.69, 9.17) is 0 Å². The van der Waals surface area contributed by atoms with Crippen LogP contribution in [0.1, 0.15) is 11.1 Å². The van der Waals surface area contributed by atoms with Crippen LogP contribution in [0.3, 0.4) is 0 Å². The Kier molecular flexibility index (Phi) is 3.14. The second kappa shape index (κ2) is 4.31. The van der Waals surface area contributed by atoms with Crippen LogP contribution >= 0.6 is 0 Å². The van der Waals surface area contributed by atoms with E-state index in [1.54, 1.807) is 6.07 Å². The summed E-state index contributed by atoms with van der Waals surface area (Å²) in [5.41, 5.74) is 2.74. The summed E-state index contributed by atoms with van der Waals surface area (Å²) in [5.74, 6) is 0.156. The highest BCUT2D eigenvalue weighted by Crippen LogP contribution is 2.32. The number of nitrogens with one attached hydrogen (secondary N) is 2. The highest BCUT2D eigenvalue weighted by Gasteiger charge is 2.30. The van der Waals surface area contributed by atoms with Crippen molar-refractivity contribution in [2.45, 2.75) is 24.8 Å². The molecule has 0 saturated heterocycles. The van der Waals surface area contributed by atoms with Gasteiger partial charge in [-0.05, 0) is 38.1 Å². The van der Waals surface area contributed by atoms with Gasteiger partial charge < -0.3 is 10.6 Å². The lowest BCUT2D eigenvalue weighted by atomic mass is 10.1. The van der Waals surface area contributed by atoms with Gasteiger partial charge in [-0.3, -0.25) is 0 Å². The van der Waals surface area contributed by atoms with Crippen LogP contribution in [0.5, 0.6) is 0 Å². The summed E-state index contributed by atoms with van der Waals surface area (Å²) >= 11 is 0. The molecule has 2 N–H and O–H groups in total. The molecule has 1 aromatic rings. The predicted molar refractivity (Wildman–Crippen MR) is 69.3 cm³/mol. The van der Waals surface area contributed by atoms with Crippen molar-refractivity contribution in [3.63, 3.8) is 0 Å². The third kappa shape index (κ3) is 2.30. The number of benzene rings is 1. The number of fused-ring (bicyclic) bond motifs is 1. The third-order valence-corrected chi connectivity index (χ3v) is 4.83. The Morgan fingerprint density at radius 3 is 2.76 bits per heavy atom. The van der Waals surface area contributed by atoms with Gasteiger partial charge in [-0.15, -0.1) is 0 Å². The van der Waals surface area contributed by atoms with Gasteiger partial charge in [0.15, 0.2) is 9.84 Å².